The molecule has 0 aromatic carbocycles. The van der Waals surface area contributed by atoms with Crippen molar-refractivity contribution in [2.45, 2.75) is 64.3 Å². The van der Waals surface area contributed by atoms with Gasteiger partial charge in [0.25, 0.3) is 5.78 Å². The molecule has 2 fully saturated rings. The summed E-state index contributed by atoms with van der Waals surface area (Å²) in [6.45, 7) is 7.25. The molecule has 5 rings (SSSR count). The first-order valence-corrected chi connectivity index (χ1v) is 10.5. The zero-order chi connectivity index (χ0) is 17.5. The van der Waals surface area contributed by atoms with E-state index in [2.05, 4.69) is 26.8 Å². The average Bonchev–Trinajstić information content (AvgIpc) is 3.14. The summed E-state index contributed by atoms with van der Waals surface area (Å²) < 4.78 is 1.99. The number of aryl methyl sites for hydroxylation is 1. The normalized spacial score (nSPS) is 25.6. The monoisotopic (exact) mass is 354 g/mol. The van der Waals surface area contributed by atoms with Gasteiger partial charge < -0.3 is 4.90 Å². The number of hydrogen-bond acceptors (Lipinski definition) is 5. The lowest BCUT2D eigenvalue weighted by atomic mass is 9.93. The highest BCUT2D eigenvalue weighted by Gasteiger charge is 2.30. The zero-order valence-electron chi connectivity index (χ0n) is 15.9. The Bertz CT molecular complexity index is 776. The van der Waals surface area contributed by atoms with Crippen LogP contribution in [0.5, 0.6) is 0 Å². The first kappa shape index (κ1) is 16.5. The Kier molecular flexibility index (Phi) is 4.31. The van der Waals surface area contributed by atoms with Crippen LogP contribution >= 0.6 is 0 Å². The van der Waals surface area contributed by atoms with Gasteiger partial charge in [0.1, 0.15) is 12.1 Å². The molecule has 0 spiro atoms. The third-order valence-corrected chi connectivity index (χ3v) is 6.64. The highest BCUT2D eigenvalue weighted by molar-refractivity contribution is 5.55. The summed E-state index contributed by atoms with van der Waals surface area (Å²) >= 11 is 0. The van der Waals surface area contributed by atoms with Crippen LogP contribution in [0.25, 0.3) is 5.78 Å². The summed E-state index contributed by atoms with van der Waals surface area (Å²) in [5, 5.41) is 4.51. The van der Waals surface area contributed by atoms with Crippen LogP contribution in [0.2, 0.25) is 0 Å². The molecule has 0 saturated carbocycles. The van der Waals surface area contributed by atoms with E-state index in [0.717, 1.165) is 43.7 Å². The molecule has 0 radical (unpaired) electrons. The van der Waals surface area contributed by atoms with Gasteiger partial charge in [-0.1, -0.05) is 6.92 Å². The van der Waals surface area contributed by atoms with E-state index in [0.29, 0.717) is 0 Å². The van der Waals surface area contributed by atoms with E-state index in [1.807, 2.05) is 4.52 Å². The largest absolute Gasteiger partial charge is 0.356 e. The molecule has 2 saturated heterocycles. The third-order valence-electron chi connectivity index (χ3n) is 6.64. The fourth-order valence-electron chi connectivity index (χ4n) is 5.29. The molecule has 2 aliphatic heterocycles. The fraction of sp³-hybridized carbons (Fsp3) is 0.750. The molecule has 1 atom stereocenters. The number of rotatable bonds is 2. The molecule has 1 aliphatic carbocycles. The number of piperidine rings is 2. The van der Waals surface area contributed by atoms with Crippen molar-refractivity contribution >= 4 is 11.6 Å². The van der Waals surface area contributed by atoms with Crippen LogP contribution in [0, 0.1) is 5.92 Å². The maximum absolute atomic E-state index is 4.78. The number of anilines is 1. The van der Waals surface area contributed by atoms with Crippen molar-refractivity contribution in [2.75, 3.05) is 31.1 Å². The Morgan fingerprint density at radius 3 is 2.69 bits per heavy atom. The second kappa shape index (κ2) is 6.80. The van der Waals surface area contributed by atoms with E-state index in [-0.39, 0.29) is 0 Å². The van der Waals surface area contributed by atoms with Crippen molar-refractivity contribution in [3.63, 3.8) is 0 Å². The van der Waals surface area contributed by atoms with Crippen molar-refractivity contribution < 1.29 is 0 Å². The Morgan fingerprint density at radius 1 is 1.00 bits per heavy atom. The third kappa shape index (κ3) is 2.88. The summed E-state index contributed by atoms with van der Waals surface area (Å²) in [5.74, 6) is 2.92. The Morgan fingerprint density at radius 2 is 1.85 bits per heavy atom. The minimum atomic E-state index is 0.762. The van der Waals surface area contributed by atoms with Crippen LogP contribution in [0.4, 0.5) is 5.82 Å². The van der Waals surface area contributed by atoms with Gasteiger partial charge in [-0.05, 0) is 63.8 Å². The predicted octanol–water partition coefficient (Wildman–Crippen LogP) is 2.70. The van der Waals surface area contributed by atoms with E-state index in [1.54, 1.807) is 6.33 Å². The van der Waals surface area contributed by atoms with Gasteiger partial charge in [0, 0.05) is 31.2 Å². The lowest BCUT2D eigenvalue weighted by Crippen LogP contribution is -2.48. The van der Waals surface area contributed by atoms with Crippen molar-refractivity contribution in [2.24, 2.45) is 5.92 Å². The molecule has 6 nitrogen and oxygen atoms in total. The molecule has 3 aliphatic rings. The van der Waals surface area contributed by atoms with Gasteiger partial charge in [0.15, 0.2) is 0 Å². The number of likely N-dealkylation sites (tertiary alicyclic amines) is 1. The lowest BCUT2D eigenvalue weighted by Gasteiger charge is -2.42. The van der Waals surface area contributed by atoms with Crippen molar-refractivity contribution in [1.29, 1.82) is 0 Å². The SMILES string of the molecule is C[C@@H]1CCCN(C2CCN(c3c4c(nc5ncnn35)CCCC4)CC2)C1. The van der Waals surface area contributed by atoms with Crippen LogP contribution < -0.4 is 4.90 Å². The van der Waals surface area contributed by atoms with Crippen molar-refractivity contribution in [3.8, 4) is 0 Å². The minimum Gasteiger partial charge on any atom is -0.356 e. The zero-order valence-corrected chi connectivity index (χ0v) is 15.9. The van der Waals surface area contributed by atoms with E-state index < -0.39 is 0 Å². The predicted molar refractivity (Wildman–Crippen MR) is 103 cm³/mol. The molecule has 0 N–H and O–H groups in total. The number of nitrogens with zero attached hydrogens (tertiary/aromatic N) is 6. The number of hydrogen-bond donors (Lipinski definition) is 0. The minimum absolute atomic E-state index is 0.762. The molecule has 0 unspecified atom stereocenters. The Balaban J connectivity index is 1.39. The summed E-state index contributed by atoms with van der Waals surface area (Å²) in [5.41, 5.74) is 2.69. The van der Waals surface area contributed by atoms with E-state index in [4.69, 9.17) is 4.98 Å². The second-order valence-electron chi connectivity index (χ2n) is 8.50. The van der Waals surface area contributed by atoms with E-state index in [1.165, 1.54) is 68.7 Å². The number of aromatic nitrogens is 4. The smallest absolute Gasteiger partial charge is 0.254 e. The summed E-state index contributed by atoms with van der Waals surface area (Å²) in [6, 6.07) is 0.762. The van der Waals surface area contributed by atoms with E-state index >= 15 is 0 Å². The van der Waals surface area contributed by atoms with Gasteiger partial charge in [-0.15, -0.1) is 0 Å². The Hall–Kier alpha value is -1.69. The summed E-state index contributed by atoms with van der Waals surface area (Å²) in [4.78, 5) is 14.5. The molecule has 26 heavy (non-hydrogen) atoms. The highest BCUT2D eigenvalue weighted by Crippen LogP contribution is 2.32. The van der Waals surface area contributed by atoms with Gasteiger partial charge in [0.05, 0.1) is 5.69 Å². The van der Waals surface area contributed by atoms with Crippen molar-refractivity contribution in [3.05, 3.63) is 17.6 Å². The van der Waals surface area contributed by atoms with Gasteiger partial charge in [-0.2, -0.15) is 14.6 Å². The lowest BCUT2D eigenvalue weighted by molar-refractivity contribution is 0.112. The molecular formula is C20H30N6. The van der Waals surface area contributed by atoms with Gasteiger partial charge in [0.2, 0.25) is 0 Å². The molecule has 4 heterocycles. The average molecular weight is 355 g/mol. The van der Waals surface area contributed by atoms with Crippen LogP contribution in [0.1, 0.15) is 56.7 Å². The quantitative estimate of drug-likeness (QED) is 0.830. The van der Waals surface area contributed by atoms with Crippen LogP contribution in [0.3, 0.4) is 0 Å². The maximum atomic E-state index is 4.78. The Labute approximate surface area is 155 Å². The first-order chi connectivity index (χ1) is 12.8. The molecule has 0 amide bonds. The van der Waals surface area contributed by atoms with Gasteiger partial charge in [-0.3, -0.25) is 4.90 Å². The molecule has 2 aromatic rings. The summed E-state index contributed by atoms with van der Waals surface area (Å²) in [7, 11) is 0. The topological polar surface area (TPSA) is 49.6 Å². The highest BCUT2D eigenvalue weighted by atomic mass is 15.4. The summed E-state index contributed by atoms with van der Waals surface area (Å²) in [6.07, 6.45) is 11.7. The first-order valence-electron chi connectivity index (χ1n) is 10.5. The molecular weight excluding hydrogens is 324 g/mol. The fourth-order valence-corrected chi connectivity index (χ4v) is 5.29. The van der Waals surface area contributed by atoms with Gasteiger partial charge in [-0.25, -0.2) is 4.98 Å². The molecule has 6 heteroatoms. The maximum Gasteiger partial charge on any atom is 0.254 e. The van der Waals surface area contributed by atoms with Crippen LogP contribution in [0.15, 0.2) is 6.33 Å². The van der Waals surface area contributed by atoms with E-state index in [9.17, 15) is 0 Å². The molecule has 0 bridgehead atoms. The molecule has 2 aromatic heterocycles. The standard InChI is InChI=1S/C20H30N6/c1-15-5-4-10-25(13-15)16-8-11-24(12-9-16)19-17-6-2-3-7-18(17)23-20-21-14-22-26(19)20/h14-16H,2-13H2,1H3/t15-/m1/s1. The second-order valence-corrected chi connectivity index (χ2v) is 8.50. The van der Waals surface area contributed by atoms with Crippen molar-refractivity contribution in [1.82, 2.24) is 24.5 Å². The molecule has 140 valence electrons. The van der Waals surface area contributed by atoms with Gasteiger partial charge >= 0.3 is 0 Å². The number of fused-ring (bicyclic) bond motifs is 2. The van der Waals surface area contributed by atoms with Crippen LogP contribution in [-0.4, -0.2) is 56.7 Å². The van der Waals surface area contributed by atoms with Crippen LogP contribution in [-0.2, 0) is 12.8 Å².